The van der Waals surface area contributed by atoms with E-state index in [2.05, 4.69) is 15.3 Å². The molecule has 2 heterocycles. The van der Waals surface area contributed by atoms with Crippen LogP contribution >= 0.6 is 22.9 Å². The van der Waals surface area contributed by atoms with Gasteiger partial charge in [-0.15, -0.1) is 11.3 Å². The van der Waals surface area contributed by atoms with Crippen LogP contribution in [0.2, 0.25) is 5.02 Å². The number of aromatic hydroxyl groups is 1. The highest BCUT2D eigenvalue weighted by Gasteiger charge is 2.15. The summed E-state index contributed by atoms with van der Waals surface area (Å²) in [5, 5.41) is 14.9. The van der Waals surface area contributed by atoms with Gasteiger partial charge in [-0.3, -0.25) is 10.1 Å². The number of phenols is 1. The van der Waals surface area contributed by atoms with Crippen molar-refractivity contribution >= 4 is 50.6 Å². The fourth-order valence-corrected chi connectivity index (χ4v) is 3.18. The predicted octanol–water partition coefficient (Wildman–Crippen LogP) is 4.87. The maximum Gasteiger partial charge on any atom is 0.262 e. The predicted molar refractivity (Wildman–Crippen MR) is 105 cm³/mol. The molecule has 2 aromatic carbocycles. The summed E-state index contributed by atoms with van der Waals surface area (Å²) < 4.78 is 20.0. The van der Waals surface area contributed by atoms with E-state index in [4.69, 9.17) is 16.0 Å². The van der Waals surface area contributed by atoms with E-state index in [1.807, 2.05) is 0 Å². The van der Waals surface area contributed by atoms with E-state index in [1.54, 1.807) is 23.7 Å². The number of amides is 1. The molecular formula is C19H11ClFN3O3S. The number of anilines is 1. The molecule has 28 heavy (non-hydrogen) atoms. The summed E-state index contributed by atoms with van der Waals surface area (Å²) in [5.41, 5.74) is 0.145. The van der Waals surface area contributed by atoms with Crippen molar-refractivity contribution in [3.63, 3.8) is 0 Å². The third-order valence-corrected chi connectivity index (χ3v) is 4.77. The molecule has 0 unspecified atom stereocenters. The maximum absolute atomic E-state index is 14.3. The molecule has 0 saturated heterocycles. The van der Waals surface area contributed by atoms with Crippen molar-refractivity contribution in [2.24, 2.45) is 4.99 Å². The fourth-order valence-electron chi connectivity index (χ4n) is 2.49. The molecule has 140 valence electrons. The molecule has 0 spiro atoms. The zero-order valence-electron chi connectivity index (χ0n) is 14.0. The fraction of sp³-hybridized carbons (Fsp3) is 0. The second kappa shape index (κ2) is 7.41. The van der Waals surface area contributed by atoms with Crippen LogP contribution < -0.4 is 10.9 Å². The molecule has 1 amide bonds. The van der Waals surface area contributed by atoms with Gasteiger partial charge in [0, 0.05) is 23.0 Å². The first-order valence-corrected chi connectivity index (χ1v) is 9.23. The van der Waals surface area contributed by atoms with Gasteiger partial charge >= 0.3 is 0 Å². The summed E-state index contributed by atoms with van der Waals surface area (Å²) in [7, 11) is 0. The molecule has 4 rings (SSSR count). The Balaban J connectivity index is 1.92. The van der Waals surface area contributed by atoms with E-state index in [-0.39, 0.29) is 33.2 Å². The lowest BCUT2D eigenvalue weighted by molar-refractivity contribution is 0.102. The molecule has 0 saturated carbocycles. The molecule has 0 fully saturated rings. The van der Waals surface area contributed by atoms with Gasteiger partial charge in [-0.1, -0.05) is 17.7 Å². The normalized spacial score (nSPS) is 11.7. The molecule has 4 aromatic rings. The molecule has 2 aromatic heterocycles. The molecule has 0 aliphatic carbocycles. The number of rotatable bonds is 3. The minimum atomic E-state index is -0.735. The van der Waals surface area contributed by atoms with Crippen LogP contribution in [-0.2, 0) is 0 Å². The topological polar surface area (TPSA) is 87.7 Å². The lowest BCUT2D eigenvalue weighted by Crippen LogP contribution is -2.21. The Kier molecular flexibility index (Phi) is 4.81. The Morgan fingerprint density at radius 2 is 2.14 bits per heavy atom. The van der Waals surface area contributed by atoms with Gasteiger partial charge in [-0.25, -0.2) is 14.4 Å². The molecule has 6 nitrogen and oxygen atoms in total. The monoisotopic (exact) mass is 415 g/mol. The number of benzene rings is 2. The summed E-state index contributed by atoms with van der Waals surface area (Å²) in [6.07, 6.45) is 1.56. The number of nitrogens with one attached hydrogen (secondary N) is 1. The summed E-state index contributed by atoms with van der Waals surface area (Å²) in [6, 6.07) is 10.3. The van der Waals surface area contributed by atoms with Crippen molar-refractivity contribution < 1.29 is 18.7 Å². The number of carbonyl (C=O) groups is 1. The summed E-state index contributed by atoms with van der Waals surface area (Å²) in [6.45, 7) is 0. The van der Waals surface area contributed by atoms with Crippen LogP contribution in [0.15, 0.2) is 63.5 Å². The molecule has 0 atom stereocenters. The van der Waals surface area contributed by atoms with Crippen molar-refractivity contribution in [3.8, 4) is 5.75 Å². The Labute approximate surface area is 166 Å². The van der Waals surface area contributed by atoms with Crippen molar-refractivity contribution in [1.29, 1.82) is 0 Å². The highest BCUT2D eigenvalue weighted by atomic mass is 35.5. The van der Waals surface area contributed by atoms with Crippen molar-refractivity contribution in [2.75, 3.05) is 5.32 Å². The Hall–Kier alpha value is -3.23. The average Bonchev–Trinajstić information content (AvgIpc) is 3.17. The molecule has 0 aliphatic heterocycles. The van der Waals surface area contributed by atoms with E-state index in [9.17, 15) is 14.3 Å². The van der Waals surface area contributed by atoms with E-state index >= 15 is 0 Å². The van der Waals surface area contributed by atoms with E-state index in [0.29, 0.717) is 10.5 Å². The third kappa shape index (κ3) is 3.60. The maximum atomic E-state index is 14.3. The van der Waals surface area contributed by atoms with Crippen LogP contribution in [0.3, 0.4) is 0 Å². The van der Waals surface area contributed by atoms with Gasteiger partial charge < -0.3 is 9.52 Å². The number of hydrogen-bond acceptors (Lipinski definition) is 6. The second-order valence-corrected chi connectivity index (χ2v) is 6.97. The van der Waals surface area contributed by atoms with Gasteiger partial charge in [0.1, 0.15) is 22.6 Å². The molecule has 0 bridgehead atoms. The van der Waals surface area contributed by atoms with E-state index in [1.165, 1.54) is 41.7 Å². The van der Waals surface area contributed by atoms with Gasteiger partial charge in [0.2, 0.25) is 5.55 Å². The van der Waals surface area contributed by atoms with Crippen molar-refractivity contribution in [1.82, 2.24) is 4.98 Å². The molecule has 0 radical (unpaired) electrons. The molecule has 0 aliphatic rings. The van der Waals surface area contributed by atoms with Crippen molar-refractivity contribution in [2.45, 2.75) is 0 Å². The SMILES string of the molecule is O=C(Nc1nccs1)c1cc2ccc(O)cc2oc1=Nc1cccc(Cl)c1F. The Bertz CT molecular complexity index is 1260. The average molecular weight is 416 g/mol. The first-order valence-electron chi connectivity index (χ1n) is 7.98. The Morgan fingerprint density at radius 1 is 1.29 bits per heavy atom. The van der Waals surface area contributed by atoms with Gasteiger partial charge in [0.05, 0.1) is 5.02 Å². The number of carbonyl (C=O) groups excluding carboxylic acids is 1. The lowest BCUT2D eigenvalue weighted by atomic mass is 10.1. The van der Waals surface area contributed by atoms with Gasteiger partial charge in [0.15, 0.2) is 10.9 Å². The van der Waals surface area contributed by atoms with Crippen LogP contribution in [0.4, 0.5) is 15.2 Å². The Morgan fingerprint density at radius 3 is 2.93 bits per heavy atom. The molecule has 2 N–H and O–H groups in total. The smallest absolute Gasteiger partial charge is 0.262 e. The second-order valence-electron chi connectivity index (χ2n) is 5.66. The van der Waals surface area contributed by atoms with Gasteiger partial charge in [-0.2, -0.15) is 0 Å². The van der Waals surface area contributed by atoms with E-state index in [0.717, 1.165) is 0 Å². The zero-order valence-corrected chi connectivity index (χ0v) is 15.6. The number of phenolic OH excluding ortho intramolecular Hbond substituents is 1. The highest BCUT2D eigenvalue weighted by molar-refractivity contribution is 7.13. The third-order valence-electron chi connectivity index (χ3n) is 3.78. The number of fused-ring (bicyclic) bond motifs is 1. The quantitative estimate of drug-likeness (QED) is 0.499. The van der Waals surface area contributed by atoms with Crippen LogP contribution in [-0.4, -0.2) is 16.0 Å². The number of nitrogens with zero attached hydrogens (tertiary/aromatic N) is 2. The summed E-state index contributed by atoms with van der Waals surface area (Å²) in [4.78, 5) is 20.9. The van der Waals surface area contributed by atoms with E-state index < -0.39 is 11.7 Å². The number of thiazole rings is 1. The standard InChI is InChI=1S/C19H11ClFN3O3S/c20-13-2-1-3-14(16(13)21)23-18-12(17(26)24-19-22-6-7-28-19)8-10-4-5-11(25)9-15(10)27-18/h1-9,25H,(H,22,24,26). The van der Waals surface area contributed by atoms with Crippen LogP contribution in [0.5, 0.6) is 5.75 Å². The van der Waals surface area contributed by atoms with Gasteiger partial charge in [0.25, 0.3) is 5.91 Å². The first kappa shape index (κ1) is 18.1. The summed E-state index contributed by atoms with van der Waals surface area (Å²) >= 11 is 7.06. The molecule has 9 heteroatoms. The van der Waals surface area contributed by atoms with Crippen LogP contribution in [0.1, 0.15) is 10.4 Å². The largest absolute Gasteiger partial charge is 0.508 e. The highest BCUT2D eigenvalue weighted by Crippen LogP contribution is 2.25. The number of halogens is 2. The number of aromatic nitrogens is 1. The number of hydrogen-bond donors (Lipinski definition) is 2. The minimum absolute atomic E-state index is 0.0175. The first-order chi connectivity index (χ1) is 13.5. The minimum Gasteiger partial charge on any atom is -0.508 e. The van der Waals surface area contributed by atoms with Crippen LogP contribution in [0.25, 0.3) is 11.0 Å². The molecular weight excluding hydrogens is 405 g/mol. The van der Waals surface area contributed by atoms with Gasteiger partial charge in [-0.05, 0) is 30.3 Å². The van der Waals surface area contributed by atoms with Crippen LogP contribution in [0, 0.1) is 5.82 Å². The zero-order chi connectivity index (χ0) is 19.7. The van der Waals surface area contributed by atoms with Crippen molar-refractivity contribution in [3.05, 3.63) is 76.0 Å². The lowest BCUT2D eigenvalue weighted by Gasteiger charge is -2.06. The summed E-state index contributed by atoms with van der Waals surface area (Å²) in [5.74, 6) is -1.27.